The Bertz CT molecular complexity index is 712. The molecule has 1 saturated heterocycles. The van der Waals surface area contributed by atoms with Gasteiger partial charge in [-0.3, -0.25) is 19.6 Å². The van der Waals surface area contributed by atoms with Gasteiger partial charge < -0.3 is 15.3 Å². The van der Waals surface area contributed by atoms with E-state index in [1.165, 1.54) is 10.4 Å². The van der Waals surface area contributed by atoms with Gasteiger partial charge in [-0.25, -0.2) is 5.48 Å². The van der Waals surface area contributed by atoms with Gasteiger partial charge in [-0.05, 0) is 30.7 Å². The Balaban J connectivity index is 2.03. The van der Waals surface area contributed by atoms with Crippen LogP contribution in [-0.4, -0.2) is 58.2 Å². The molecule has 8 nitrogen and oxygen atoms in total. The smallest absolute Gasteiger partial charge is 0.272 e. The summed E-state index contributed by atoms with van der Waals surface area (Å²) in [6, 6.07) is 9.25. The first-order valence-corrected chi connectivity index (χ1v) is 10.7. The highest BCUT2D eigenvalue weighted by atomic mass is 16.5. The number of amides is 3. The Hall–Kier alpha value is -2.45. The summed E-state index contributed by atoms with van der Waals surface area (Å²) in [4.78, 5) is 39.1. The van der Waals surface area contributed by atoms with Gasteiger partial charge in [0.15, 0.2) is 0 Å². The van der Waals surface area contributed by atoms with Crippen molar-refractivity contribution < 1.29 is 24.7 Å². The number of nitrogens with one attached hydrogen (secondary N) is 2. The van der Waals surface area contributed by atoms with Crippen molar-refractivity contribution in [2.75, 3.05) is 13.1 Å². The molecule has 1 aliphatic heterocycles. The van der Waals surface area contributed by atoms with Crippen LogP contribution < -0.4 is 10.8 Å². The number of unbranched alkanes of at least 4 members (excludes halogenated alkanes) is 1. The fourth-order valence-electron chi connectivity index (χ4n) is 3.88. The Morgan fingerprint density at radius 2 is 1.93 bits per heavy atom. The van der Waals surface area contributed by atoms with Crippen molar-refractivity contribution in [3.05, 3.63) is 35.9 Å². The van der Waals surface area contributed by atoms with E-state index >= 15 is 0 Å². The van der Waals surface area contributed by atoms with E-state index in [4.69, 9.17) is 5.21 Å². The molecule has 1 aliphatic rings. The van der Waals surface area contributed by atoms with Crippen molar-refractivity contribution in [2.45, 2.75) is 64.0 Å². The lowest BCUT2D eigenvalue weighted by Gasteiger charge is -2.30. The number of aliphatic hydroxyl groups is 1. The van der Waals surface area contributed by atoms with Crippen LogP contribution in [0.2, 0.25) is 0 Å². The average molecular weight is 420 g/mol. The number of aliphatic hydroxyl groups excluding tert-OH is 1. The molecule has 2 rings (SSSR count). The summed E-state index contributed by atoms with van der Waals surface area (Å²) in [7, 11) is 0. The zero-order chi connectivity index (χ0) is 22.1. The summed E-state index contributed by atoms with van der Waals surface area (Å²) >= 11 is 0. The number of benzene rings is 1. The predicted molar refractivity (Wildman–Crippen MR) is 112 cm³/mol. The molecule has 3 unspecified atom stereocenters. The van der Waals surface area contributed by atoms with Gasteiger partial charge in [0.1, 0.15) is 12.1 Å². The zero-order valence-electron chi connectivity index (χ0n) is 17.7. The highest BCUT2D eigenvalue weighted by Crippen LogP contribution is 2.25. The number of likely N-dealkylation sites (tertiary alicyclic amines) is 1. The van der Waals surface area contributed by atoms with E-state index in [9.17, 15) is 19.5 Å². The number of rotatable bonds is 10. The minimum atomic E-state index is -1.66. The number of hydroxylamine groups is 1. The van der Waals surface area contributed by atoms with Gasteiger partial charge in [-0.2, -0.15) is 0 Å². The lowest BCUT2D eigenvalue weighted by atomic mass is 9.93. The fraction of sp³-hybridized carbons (Fsp3) is 0.591. The maximum atomic E-state index is 13.1. The molecule has 1 fully saturated rings. The topological polar surface area (TPSA) is 119 Å². The maximum absolute atomic E-state index is 13.1. The third kappa shape index (κ3) is 6.03. The van der Waals surface area contributed by atoms with Crippen LogP contribution in [0.25, 0.3) is 0 Å². The molecule has 0 saturated carbocycles. The van der Waals surface area contributed by atoms with Crippen LogP contribution >= 0.6 is 0 Å². The van der Waals surface area contributed by atoms with Crippen LogP contribution in [0.5, 0.6) is 0 Å². The zero-order valence-corrected chi connectivity index (χ0v) is 17.7. The van der Waals surface area contributed by atoms with Gasteiger partial charge in [0.25, 0.3) is 5.91 Å². The summed E-state index contributed by atoms with van der Waals surface area (Å²) in [5.74, 6) is -2.52. The van der Waals surface area contributed by atoms with Crippen LogP contribution in [0.3, 0.4) is 0 Å². The van der Waals surface area contributed by atoms with Gasteiger partial charge in [-0.1, -0.05) is 57.0 Å². The minimum absolute atomic E-state index is 0.132. The molecule has 8 heteroatoms. The summed E-state index contributed by atoms with van der Waals surface area (Å²) in [6.45, 7) is 4.83. The van der Waals surface area contributed by atoms with Crippen LogP contribution in [0, 0.1) is 5.92 Å². The van der Waals surface area contributed by atoms with Gasteiger partial charge in [0.2, 0.25) is 11.8 Å². The molecule has 3 amide bonds. The third-order valence-corrected chi connectivity index (χ3v) is 5.74. The van der Waals surface area contributed by atoms with Crippen molar-refractivity contribution in [3.63, 3.8) is 0 Å². The van der Waals surface area contributed by atoms with E-state index in [-0.39, 0.29) is 11.8 Å². The van der Waals surface area contributed by atoms with Crippen LogP contribution in [-0.2, 0) is 14.4 Å². The van der Waals surface area contributed by atoms with Crippen molar-refractivity contribution >= 4 is 17.7 Å². The largest absolute Gasteiger partial charge is 0.382 e. The van der Waals surface area contributed by atoms with Crippen molar-refractivity contribution in [1.29, 1.82) is 0 Å². The van der Waals surface area contributed by atoms with Crippen LogP contribution in [0.1, 0.15) is 57.4 Å². The number of hydrogen-bond donors (Lipinski definition) is 4. The van der Waals surface area contributed by atoms with E-state index in [2.05, 4.69) is 5.32 Å². The van der Waals surface area contributed by atoms with Crippen molar-refractivity contribution in [1.82, 2.24) is 15.7 Å². The molecule has 30 heavy (non-hydrogen) atoms. The predicted octanol–water partition coefficient (Wildman–Crippen LogP) is 1.57. The molecule has 1 aromatic rings. The van der Waals surface area contributed by atoms with E-state index in [0.717, 1.165) is 12.0 Å². The summed E-state index contributed by atoms with van der Waals surface area (Å²) in [5, 5.41) is 22.0. The standard InChI is InChI=1S/C22H33N3O5/c1-3-4-11-17(19(26)21(28)24-30)22(29)25-13-8-12-18(25)20(27)23-14-15(2)16-9-6-5-7-10-16/h5-7,9-10,15,17-19,26,30H,3-4,8,11-14H2,1-2H3,(H,23,27)(H,24,28)/t15-,17?,18?,19?/m1/s1. The number of carbonyl (C=O) groups excluding carboxylic acids is 3. The molecular formula is C22H33N3O5. The molecule has 4 N–H and O–H groups in total. The van der Waals surface area contributed by atoms with E-state index in [1.54, 1.807) is 0 Å². The van der Waals surface area contributed by atoms with Gasteiger partial charge in [-0.15, -0.1) is 0 Å². The maximum Gasteiger partial charge on any atom is 0.272 e. The Kier molecular flexibility index (Phi) is 9.26. The molecule has 0 bridgehead atoms. The second kappa shape index (κ2) is 11.7. The highest BCUT2D eigenvalue weighted by Gasteiger charge is 2.40. The number of carbonyl (C=O) groups is 3. The Morgan fingerprint density at radius 1 is 1.23 bits per heavy atom. The van der Waals surface area contributed by atoms with E-state index in [0.29, 0.717) is 38.8 Å². The second-order valence-electron chi connectivity index (χ2n) is 7.92. The molecule has 166 valence electrons. The van der Waals surface area contributed by atoms with E-state index < -0.39 is 29.9 Å². The molecule has 0 aromatic heterocycles. The SMILES string of the molecule is CCCCC(C(=O)N1CCCC1C(=O)NC[C@@H](C)c1ccccc1)C(O)C(=O)NO. The first-order valence-electron chi connectivity index (χ1n) is 10.7. The Morgan fingerprint density at radius 3 is 2.57 bits per heavy atom. The second-order valence-corrected chi connectivity index (χ2v) is 7.92. The third-order valence-electron chi connectivity index (χ3n) is 5.74. The van der Waals surface area contributed by atoms with Crippen molar-refractivity contribution in [3.8, 4) is 0 Å². The average Bonchev–Trinajstić information content (AvgIpc) is 3.27. The van der Waals surface area contributed by atoms with Gasteiger partial charge in [0, 0.05) is 13.1 Å². The van der Waals surface area contributed by atoms with Crippen molar-refractivity contribution in [2.24, 2.45) is 5.92 Å². The van der Waals surface area contributed by atoms with Crippen LogP contribution in [0.15, 0.2) is 30.3 Å². The first kappa shape index (κ1) is 23.8. The minimum Gasteiger partial charge on any atom is -0.382 e. The number of nitrogens with zero attached hydrogens (tertiary/aromatic N) is 1. The normalized spacial score (nSPS) is 19.1. The summed E-state index contributed by atoms with van der Waals surface area (Å²) in [6.07, 6.45) is 1.31. The quantitative estimate of drug-likeness (QED) is 0.339. The lowest BCUT2D eigenvalue weighted by molar-refractivity contribution is -0.152. The molecule has 0 aliphatic carbocycles. The Labute approximate surface area is 177 Å². The van der Waals surface area contributed by atoms with Gasteiger partial charge >= 0.3 is 0 Å². The monoisotopic (exact) mass is 419 g/mol. The van der Waals surface area contributed by atoms with Gasteiger partial charge in [0.05, 0.1) is 5.92 Å². The molecular weight excluding hydrogens is 386 g/mol. The fourth-order valence-corrected chi connectivity index (χ4v) is 3.88. The lowest BCUT2D eigenvalue weighted by Crippen LogP contribution is -2.52. The summed E-state index contributed by atoms with van der Waals surface area (Å²) < 4.78 is 0. The molecule has 1 heterocycles. The summed E-state index contributed by atoms with van der Waals surface area (Å²) in [5.41, 5.74) is 2.53. The van der Waals surface area contributed by atoms with Crippen LogP contribution in [0.4, 0.5) is 0 Å². The molecule has 4 atom stereocenters. The highest BCUT2D eigenvalue weighted by molar-refractivity contribution is 5.92. The molecule has 0 radical (unpaired) electrons. The first-order chi connectivity index (χ1) is 14.4. The van der Waals surface area contributed by atoms with E-state index in [1.807, 2.05) is 44.2 Å². The molecule has 0 spiro atoms. The number of hydrogen-bond acceptors (Lipinski definition) is 5. The molecule has 1 aromatic carbocycles.